The number of carbonyl (C=O) groups is 1. The Morgan fingerprint density at radius 2 is 1.70 bits per heavy atom. The molecule has 1 amide bonds. The molecule has 2 aromatic rings. The number of nitrogens with zero attached hydrogens (tertiary/aromatic N) is 1. The predicted molar refractivity (Wildman–Crippen MR) is 127 cm³/mol. The Hall–Kier alpha value is -2.63. The summed E-state index contributed by atoms with van der Waals surface area (Å²) in [5.41, 5.74) is 1.60. The van der Waals surface area contributed by atoms with Crippen LogP contribution in [0.15, 0.2) is 47.4 Å². The first-order chi connectivity index (χ1) is 15.5. The predicted octanol–water partition coefficient (Wildman–Crippen LogP) is 2.80. The second-order valence-electron chi connectivity index (χ2n) is 7.98. The van der Waals surface area contributed by atoms with Crippen molar-refractivity contribution in [1.82, 2.24) is 4.31 Å². The van der Waals surface area contributed by atoms with Crippen LogP contribution in [-0.4, -0.2) is 53.0 Å². The zero-order valence-corrected chi connectivity index (χ0v) is 20.5. The first-order valence-electron chi connectivity index (χ1n) is 10.6. The highest BCUT2D eigenvalue weighted by atomic mass is 32.2. The van der Waals surface area contributed by atoms with Crippen molar-refractivity contribution in [2.45, 2.75) is 31.6 Å². The quantitative estimate of drug-likeness (QED) is 0.581. The zero-order chi connectivity index (χ0) is 24.2. The Morgan fingerprint density at radius 1 is 1.06 bits per heavy atom. The fraction of sp³-hybridized carbons (Fsp3) is 0.409. The standard InChI is InChI=1S/C22H29N3O6S2/c1-4-31-19-7-9-20(10-8-19)33(29,30)25-13-11-17(12-14-25)22(26)23-18-6-5-16(2)21(15-18)24-32(3,27)28/h5-10,15,17,24H,4,11-14H2,1-3H3,(H,23,26). The lowest BCUT2D eigenvalue weighted by atomic mass is 9.97. The SMILES string of the molecule is CCOc1ccc(S(=O)(=O)N2CCC(C(=O)Nc3ccc(C)c(NS(C)(=O)=O)c3)CC2)cc1. The number of benzene rings is 2. The third kappa shape index (κ3) is 6.46. The van der Waals surface area contributed by atoms with Crippen LogP contribution >= 0.6 is 0 Å². The fourth-order valence-electron chi connectivity index (χ4n) is 3.64. The minimum Gasteiger partial charge on any atom is -0.494 e. The number of piperidine rings is 1. The van der Waals surface area contributed by atoms with Crippen LogP contribution in [0.1, 0.15) is 25.3 Å². The molecule has 0 unspecified atom stereocenters. The van der Waals surface area contributed by atoms with Crippen molar-refractivity contribution in [3.63, 3.8) is 0 Å². The molecule has 2 N–H and O–H groups in total. The summed E-state index contributed by atoms with van der Waals surface area (Å²) in [6, 6.07) is 11.3. The molecule has 0 saturated carbocycles. The Balaban J connectivity index is 1.61. The van der Waals surface area contributed by atoms with Crippen molar-refractivity contribution < 1.29 is 26.4 Å². The summed E-state index contributed by atoms with van der Waals surface area (Å²) in [6.07, 6.45) is 1.84. The van der Waals surface area contributed by atoms with Gasteiger partial charge in [0.05, 0.1) is 23.4 Å². The highest BCUT2D eigenvalue weighted by Crippen LogP contribution is 2.27. The van der Waals surface area contributed by atoms with Crippen molar-refractivity contribution in [2.24, 2.45) is 5.92 Å². The van der Waals surface area contributed by atoms with Gasteiger partial charge in [-0.25, -0.2) is 16.8 Å². The fourth-order valence-corrected chi connectivity index (χ4v) is 5.72. The second kappa shape index (κ2) is 10.1. The number of aryl methyl sites for hydroxylation is 1. The first-order valence-corrected chi connectivity index (χ1v) is 13.9. The van der Waals surface area contributed by atoms with Gasteiger partial charge in [-0.2, -0.15) is 4.31 Å². The van der Waals surface area contributed by atoms with Crippen LogP contribution < -0.4 is 14.8 Å². The van der Waals surface area contributed by atoms with E-state index in [1.807, 2.05) is 6.92 Å². The topological polar surface area (TPSA) is 122 Å². The smallest absolute Gasteiger partial charge is 0.243 e. The van der Waals surface area contributed by atoms with E-state index in [2.05, 4.69) is 10.0 Å². The average molecular weight is 496 g/mol. The highest BCUT2D eigenvalue weighted by Gasteiger charge is 2.32. The Labute approximate surface area is 195 Å². The number of sulfonamides is 2. The van der Waals surface area contributed by atoms with Crippen molar-refractivity contribution in [3.05, 3.63) is 48.0 Å². The summed E-state index contributed by atoms with van der Waals surface area (Å²) in [6.45, 7) is 4.60. The van der Waals surface area contributed by atoms with Crippen molar-refractivity contribution in [2.75, 3.05) is 36.0 Å². The number of hydrogen-bond donors (Lipinski definition) is 2. The number of carbonyl (C=O) groups excluding carboxylic acids is 1. The Bertz CT molecular complexity index is 1200. The lowest BCUT2D eigenvalue weighted by molar-refractivity contribution is -0.120. The number of anilines is 2. The van der Waals surface area contributed by atoms with E-state index in [9.17, 15) is 21.6 Å². The number of nitrogens with one attached hydrogen (secondary N) is 2. The van der Waals surface area contributed by atoms with E-state index >= 15 is 0 Å². The van der Waals surface area contributed by atoms with E-state index < -0.39 is 20.0 Å². The molecule has 180 valence electrons. The molecular weight excluding hydrogens is 466 g/mol. The third-order valence-corrected chi connectivity index (χ3v) is 7.90. The number of hydrogen-bond acceptors (Lipinski definition) is 6. The van der Waals surface area contributed by atoms with E-state index in [-0.39, 0.29) is 29.8 Å². The van der Waals surface area contributed by atoms with Gasteiger partial charge < -0.3 is 10.1 Å². The third-order valence-electron chi connectivity index (χ3n) is 5.40. The van der Waals surface area contributed by atoms with Crippen molar-refractivity contribution in [3.8, 4) is 5.75 Å². The summed E-state index contributed by atoms with van der Waals surface area (Å²) in [7, 11) is -7.09. The van der Waals surface area contributed by atoms with Gasteiger partial charge in [0.15, 0.2) is 0 Å². The molecule has 1 heterocycles. The molecule has 1 fully saturated rings. The molecule has 1 aliphatic heterocycles. The van der Waals surface area contributed by atoms with Gasteiger partial charge in [0.1, 0.15) is 5.75 Å². The molecule has 9 nitrogen and oxygen atoms in total. The first kappa shape index (κ1) is 25.0. The molecule has 11 heteroatoms. The molecular formula is C22H29N3O6S2. The van der Waals surface area contributed by atoms with Crippen molar-refractivity contribution >= 4 is 37.3 Å². The van der Waals surface area contributed by atoms with Gasteiger partial charge in [-0.15, -0.1) is 0 Å². The van der Waals surface area contributed by atoms with E-state index in [0.29, 0.717) is 36.6 Å². The number of rotatable bonds is 8. The van der Waals surface area contributed by atoms with Gasteiger partial charge in [-0.1, -0.05) is 6.07 Å². The number of ether oxygens (including phenoxy) is 1. The largest absolute Gasteiger partial charge is 0.494 e. The molecule has 0 radical (unpaired) electrons. The Kier molecular flexibility index (Phi) is 7.65. The summed E-state index contributed by atoms with van der Waals surface area (Å²) < 4.78 is 58.1. The van der Waals surface area contributed by atoms with Crippen LogP contribution in [0.3, 0.4) is 0 Å². The second-order valence-corrected chi connectivity index (χ2v) is 11.7. The van der Waals surface area contributed by atoms with Gasteiger partial charge in [-0.3, -0.25) is 9.52 Å². The molecule has 1 saturated heterocycles. The highest BCUT2D eigenvalue weighted by molar-refractivity contribution is 7.92. The lowest BCUT2D eigenvalue weighted by Crippen LogP contribution is -2.41. The maximum atomic E-state index is 12.9. The molecule has 0 aliphatic carbocycles. The molecule has 0 atom stereocenters. The monoisotopic (exact) mass is 495 g/mol. The van der Waals surface area contributed by atoms with Crippen LogP contribution in [0.25, 0.3) is 0 Å². The van der Waals surface area contributed by atoms with Crippen LogP contribution in [0.2, 0.25) is 0 Å². The molecule has 0 spiro atoms. The Morgan fingerprint density at radius 3 is 2.27 bits per heavy atom. The minimum absolute atomic E-state index is 0.194. The van der Waals surface area contributed by atoms with Gasteiger partial charge in [-0.05, 0) is 68.7 Å². The van der Waals surface area contributed by atoms with E-state index in [1.165, 1.54) is 16.4 Å². The van der Waals surface area contributed by atoms with Gasteiger partial charge >= 0.3 is 0 Å². The normalized spacial score (nSPS) is 15.7. The van der Waals surface area contributed by atoms with Crippen LogP contribution in [0.5, 0.6) is 5.75 Å². The summed E-state index contributed by atoms with van der Waals surface area (Å²) in [4.78, 5) is 12.9. The van der Waals surface area contributed by atoms with Crippen LogP contribution in [-0.2, 0) is 24.8 Å². The van der Waals surface area contributed by atoms with Crippen LogP contribution in [0.4, 0.5) is 11.4 Å². The molecule has 1 aliphatic rings. The molecule has 0 aromatic heterocycles. The van der Waals surface area contributed by atoms with E-state index in [1.54, 1.807) is 37.3 Å². The van der Waals surface area contributed by atoms with Crippen LogP contribution in [0, 0.1) is 12.8 Å². The lowest BCUT2D eigenvalue weighted by Gasteiger charge is -2.30. The molecule has 33 heavy (non-hydrogen) atoms. The van der Waals surface area contributed by atoms with Gasteiger partial charge in [0, 0.05) is 24.7 Å². The molecule has 0 bridgehead atoms. The summed E-state index contributed by atoms with van der Waals surface area (Å²) in [5.74, 6) is 0.0458. The zero-order valence-electron chi connectivity index (χ0n) is 18.9. The van der Waals surface area contributed by atoms with E-state index in [4.69, 9.17) is 4.74 Å². The molecule has 3 rings (SSSR count). The van der Waals surface area contributed by atoms with Crippen molar-refractivity contribution in [1.29, 1.82) is 0 Å². The van der Waals surface area contributed by atoms with E-state index in [0.717, 1.165) is 11.8 Å². The summed E-state index contributed by atoms with van der Waals surface area (Å²) in [5, 5.41) is 2.81. The summed E-state index contributed by atoms with van der Waals surface area (Å²) >= 11 is 0. The van der Waals surface area contributed by atoms with Gasteiger partial charge in [0.2, 0.25) is 26.0 Å². The maximum Gasteiger partial charge on any atom is 0.243 e. The molecule has 2 aromatic carbocycles. The van der Waals surface area contributed by atoms with Gasteiger partial charge in [0.25, 0.3) is 0 Å². The average Bonchev–Trinajstić information content (AvgIpc) is 2.76. The number of amides is 1. The maximum absolute atomic E-state index is 12.9. The minimum atomic E-state index is -3.65.